The van der Waals surface area contributed by atoms with E-state index in [1.165, 1.54) is 0 Å². The van der Waals surface area contributed by atoms with Crippen molar-refractivity contribution in [3.05, 3.63) is 41.5 Å². The van der Waals surface area contributed by atoms with Crippen LogP contribution in [0.4, 0.5) is 14.5 Å². The molecule has 0 aromatic heterocycles. The van der Waals surface area contributed by atoms with Crippen LogP contribution in [-0.2, 0) is 16.1 Å². The average molecular weight is 527 g/mol. The van der Waals surface area contributed by atoms with Crippen molar-refractivity contribution in [1.82, 2.24) is 15.5 Å². The van der Waals surface area contributed by atoms with Gasteiger partial charge in [0, 0.05) is 49.8 Å². The third-order valence-electron chi connectivity index (χ3n) is 8.07. The Bertz CT molecular complexity index is 1210. The molecule has 2 saturated heterocycles. The highest BCUT2D eigenvalue weighted by Crippen LogP contribution is 2.41. The molecule has 3 amide bonds. The number of rotatable bonds is 11. The van der Waals surface area contributed by atoms with Gasteiger partial charge in [-0.15, -0.1) is 0 Å². The van der Waals surface area contributed by atoms with Gasteiger partial charge in [-0.1, -0.05) is 37.5 Å². The van der Waals surface area contributed by atoms with Crippen molar-refractivity contribution in [2.45, 2.75) is 76.3 Å². The molecule has 2 aromatic rings. The first-order chi connectivity index (χ1) is 18.3. The lowest BCUT2D eigenvalue weighted by molar-refractivity contribution is -0.134. The number of likely N-dealkylation sites (tertiary alicyclic amines) is 1. The van der Waals surface area contributed by atoms with Gasteiger partial charge in [-0.3, -0.25) is 24.6 Å². The van der Waals surface area contributed by atoms with Gasteiger partial charge in [-0.25, -0.2) is 8.78 Å². The summed E-state index contributed by atoms with van der Waals surface area (Å²) in [5.41, 5.74) is 2.44. The molecule has 7 nitrogen and oxygen atoms in total. The van der Waals surface area contributed by atoms with Gasteiger partial charge in [0.1, 0.15) is 6.04 Å². The normalized spacial score (nSPS) is 21.4. The molecule has 2 fully saturated rings. The largest absolute Gasteiger partial charge is 0.313 e. The highest BCUT2D eigenvalue weighted by Gasteiger charge is 2.40. The highest BCUT2D eigenvalue weighted by atomic mass is 19.3. The number of unbranched alkanes of at least 4 members (excludes halogenated alkanes) is 4. The smallest absolute Gasteiger partial charge is 0.259 e. The number of piperidine rings is 2. The van der Waals surface area contributed by atoms with Crippen molar-refractivity contribution in [3.8, 4) is 0 Å². The Morgan fingerprint density at radius 1 is 0.974 bits per heavy atom. The van der Waals surface area contributed by atoms with E-state index in [4.69, 9.17) is 0 Å². The topological polar surface area (TPSA) is 81.8 Å². The Balaban J connectivity index is 1.08. The molecule has 204 valence electrons. The Hall–Kier alpha value is -2.91. The zero-order chi connectivity index (χ0) is 26.7. The van der Waals surface area contributed by atoms with Crippen LogP contribution in [0, 0.1) is 0 Å². The summed E-state index contributed by atoms with van der Waals surface area (Å²) in [6, 6.07) is 8.96. The third kappa shape index (κ3) is 5.73. The Labute approximate surface area is 221 Å². The zero-order valence-corrected chi connectivity index (χ0v) is 21.7. The van der Waals surface area contributed by atoms with Gasteiger partial charge in [-0.05, 0) is 55.4 Å². The minimum atomic E-state index is -2.47. The molecule has 0 aliphatic carbocycles. The fourth-order valence-corrected chi connectivity index (χ4v) is 5.90. The van der Waals surface area contributed by atoms with Crippen LogP contribution in [0.25, 0.3) is 10.8 Å². The first-order valence-corrected chi connectivity index (χ1v) is 13.9. The second-order valence-corrected chi connectivity index (χ2v) is 10.8. The van der Waals surface area contributed by atoms with E-state index in [0.717, 1.165) is 67.2 Å². The number of alkyl halides is 2. The molecule has 1 unspecified atom stereocenters. The van der Waals surface area contributed by atoms with E-state index >= 15 is 0 Å². The van der Waals surface area contributed by atoms with E-state index in [1.807, 2.05) is 24.3 Å². The molecule has 5 rings (SSSR count). The van der Waals surface area contributed by atoms with E-state index in [1.54, 1.807) is 11.0 Å². The lowest BCUT2D eigenvalue weighted by atomic mass is 10.00. The van der Waals surface area contributed by atoms with Gasteiger partial charge < -0.3 is 10.2 Å². The first-order valence-electron chi connectivity index (χ1n) is 13.9. The Morgan fingerprint density at radius 2 is 1.74 bits per heavy atom. The maximum Gasteiger partial charge on any atom is 0.259 e. The maximum absolute atomic E-state index is 13.3. The summed E-state index contributed by atoms with van der Waals surface area (Å²) in [5, 5.41) is 7.76. The van der Waals surface area contributed by atoms with Crippen LogP contribution in [0.1, 0.15) is 73.7 Å². The van der Waals surface area contributed by atoms with Crippen molar-refractivity contribution in [1.29, 1.82) is 0 Å². The minimum Gasteiger partial charge on any atom is -0.313 e. The van der Waals surface area contributed by atoms with E-state index in [0.29, 0.717) is 31.6 Å². The van der Waals surface area contributed by atoms with E-state index in [2.05, 4.69) is 15.5 Å². The van der Waals surface area contributed by atoms with Crippen molar-refractivity contribution < 1.29 is 23.2 Å². The molecular formula is C29H36F2N4O3. The molecule has 3 heterocycles. The lowest BCUT2D eigenvalue weighted by Crippen LogP contribution is -2.53. The van der Waals surface area contributed by atoms with Gasteiger partial charge in [0.25, 0.3) is 11.8 Å². The molecule has 2 N–H and O–H groups in total. The number of nitrogens with zero attached hydrogens (tertiary/aromatic N) is 2. The summed E-state index contributed by atoms with van der Waals surface area (Å²) < 4.78 is 26.5. The number of hydrogen-bond donors (Lipinski definition) is 2. The van der Waals surface area contributed by atoms with Crippen LogP contribution in [0.5, 0.6) is 0 Å². The fraction of sp³-hybridized carbons (Fsp3) is 0.552. The minimum absolute atomic E-state index is 0.00754. The van der Waals surface area contributed by atoms with E-state index < -0.39 is 17.9 Å². The van der Waals surface area contributed by atoms with Crippen molar-refractivity contribution in [2.75, 3.05) is 31.1 Å². The predicted molar refractivity (Wildman–Crippen MR) is 142 cm³/mol. The second-order valence-electron chi connectivity index (χ2n) is 10.8. The Morgan fingerprint density at radius 3 is 2.53 bits per heavy atom. The van der Waals surface area contributed by atoms with Gasteiger partial charge in [0.2, 0.25) is 11.8 Å². The second kappa shape index (κ2) is 11.5. The van der Waals surface area contributed by atoms with Crippen LogP contribution in [-0.4, -0.2) is 60.8 Å². The van der Waals surface area contributed by atoms with E-state index in [9.17, 15) is 23.2 Å². The molecule has 0 saturated carbocycles. The molecule has 9 heteroatoms. The number of anilines is 1. The number of carbonyl (C=O) groups excluding carboxylic acids is 3. The predicted octanol–water partition coefficient (Wildman–Crippen LogP) is 4.38. The maximum atomic E-state index is 13.3. The summed E-state index contributed by atoms with van der Waals surface area (Å²) in [4.78, 5) is 41.1. The van der Waals surface area contributed by atoms with Crippen molar-refractivity contribution in [3.63, 3.8) is 0 Å². The summed E-state index contributed by atoms with van der Waals surface area (Å²) in [6.07, 6.45) is 6.06. The number of halogens is 2. The first kappa shape index (κ1) is 26.7. The highest BCUT2D eigenvalue weighted by molar-refractivity contribution is 6.27. The van der Waals surface area contributed by atoms with Crippen LogP contribution in [0.15, 0.2) is 30.3 Å². The number of imide groups is 1. The van der Waals surface area contributed by atoms with Gasteiger partial charge in [-0.2, -0.15) is 0 Å². The quantitative estimate of drug-likeness (QED) is 0.336. The lowest BCUT2D eigenvalue weighted by Gasteiger charge is -2.31. The Kier molecular flexibility index (Phi) is 8.04. The number of hydrogen-bond acceptors (Lipinski definition) is 5. The van der Waals surface area contributed by atoms with Crippen molar-refractivity contribution >= 4 is 34.2 Å². The number of carbonyl (C=O) groups is 3. The molecule has 1 atom stereocenters. The number of nitrogens with one attached hydrogen (secondary N) is 2. The van der Waals surface area contributed by atoms with Crippen LogP contribution in [0.3, 0.4) is 0 Å². The molecular weight excluding hydrogens is 490 g/mol. The average Bonchev–Trinajstić information content (AvgIpc) is 3.18. The van der Waals surface area contributed by atoms with Crippen molar-refractivity contribution in [2.24, 2.45) is 0 Å². The zero-order valence-electron chi connectivity index (χ0n) is 21.7. The summed E-state index contributed by atoms with van der Waals surface area (Å²) in [6.45, 7) is 3.52. The summed E-state index contributed by atoms with van der Waals surface area (Å²) in [5.74, 6) is -3.38. The molecule has 2 aromatic carbocycles. The molecule has 3 aliphatic rings. The van der Waals surface area contributed by atoms with Gasteiger partial charge in [0.15, 0.2) is 0 Å². The molecule has 0 spiro atoms. The molecule has 0 radical (unpaired) electrons. The number of amides is 3. The van der Waals surface area contributed by atoms with Gasteiger partial charge >= 0.3 is 0 Å². The van der Waals surface area contributed by atoms with Crippen LogP contribution >= 0.6 is 0 Å². The molecule has 3 aliphatic heterocycles. The standard InChI is InChI=1S/C29H36F2N4O3/c30-29(31)13-17-34(18-14-29)16-5-3-1-2-4-15-32-19-20-9-10-23-26-21(20)7-6-8-22(26)28(38)35(23)24-11-12-25(36)33-27(24)37/h6-10,24,32H,1-5,11-19H2,(H,33,36,37). The number of benzene rings is 2. The third-order valence-corrected chi connectivity index (χ3v) is 8.07. The molecule has 38 heavy (non-hydrogen) atoms. The van der Waals surface area contributed by atoms with Crippen LogP contribution in [0.2, 0.25) is 0 Å². The SMILES string of the molecule is O=C1CCC(N2C(=O)c3cccc4c(CNCCCCCCCN5CCC(F)(F)CC5)ccc2c34)C(=O)N1. The summed E-state index contributed by atoms with van der Waals surface area (Å²) in [7, 11) is 0. The van der Waals surface area contributed by atoms with Gasteiger partial charge in [0.05, 0.1) is 5.69 Å². The monoisotopic (exact) mass is 526 g/mol. The van der Waals surface area contributed by atoms with Crippen LogP contribution < -0.4 is 15.5 Å². The van der Waals surface area contributed by atoms with E-state index in [-0.39, 0.29) is 31.1 Å². The molecule has 0 bridgehead atoms. The fourth-order valence-electron chi connectivity index (χ4n) is 5.90. The summed E-state index contributed by atoms with van der Waals surface area (Å²) >= 11 is 0.